The van der Waals surface area contributed by atoms with Crippen molar-refractivity contribution in [1.82, 2.24) is 0 Å². The van der Waals surface area contributed by atoms with E-state index in [1.54, 1.807) is 6.07 Å². The molecule has 0 aliphatic heterocycles. The summed E-state index contributed by atoms with van der Waals surface area (Å²) >= 11 is 0. The topological polar surface area (TPSA) is 68.2 Å². The first kappa shape index (κ1) is 37.0. The summed E-state index contributed by atoms with van der Waals surface area (Å²) in [5, 5.41) is 25.1. The van der Waals surface area contributed by atoms with Crippen LogP contribution in [-0.2, 0) is 0 Å². The molecule has 0 heterocycles. The number of fused-ring (bicyclic) bond motifs is 4. The first-order valence-electron chi connectivity index (χ1n) is 17.1. The zero-order valence-corrected chi connectivity index (χ0v) is 28.6. The highest BCUT2D eigenvalue weighted by Gasteiger charge is 2.37. The first-order valence-corrected chi connectivity index (χ1v) is 18.6. The van der Waals surface area contributed by atoms with Gasteiger partial charge in [-0.2, -0.15) is 0 Å². The molecule has 0 saturated heterocycles. The molecule has 2 saturated carbocycles. The van der Waals surface area contributed by atoms with Crippen LogP contribution >= 0.6 is 7.92 Å². The van der Waals surface area contributed by atoms with Gasteiger partial charge in [0.25, 0.3) is 0 Å². The first-order chi connectivity index (χ1) is 24.3. The zero-order chi connectivity index (χ0) is 36.2. The summed E-state index contributed by atoms with van der Waals surface area (Å²) in [5.74, 6) is -0.824. The van der Waals surface area contributed by atoms with E-state index >= 15 is 0 Å². The van der Waals surface area contributed by atoms with Gasteiger partial charge in [-0.25, -0.2) is 0 Å². The van der Waals surface area contributed by atoms with Gasteiger partial charge in [0.15, 0.2) is 0 Å². The van der Waals surface area contributed by atoms with Crippen molar-refractivity contribution in [3.05, 3.63) is 84.9 Å². The van der Waals surface area contributed by atoms with Crippen molar-refractivity contribution in [2.24, 2.45) is 0 Å². The number of hydrogen-bond acceptors (Lipinski definition) is 5. The molecule has 7 rings (SSSR count). The second-order valence-corrected chi connectivity index (χ2v) is 15.8. The number of halogens is 6. The van der Waals surface area contributed by atoms with Crippen LogP contribution in [0.4, 0.5) is 26.3 Å². The molecule has 0 radical (unpaired) electrons. The summed E-state index contributed by atoms with van der Waals surface area (Å²) in [6.07, 6.45) is 0.421. The Labute approximate surface area is 293 Å². The second kappa shape index (κ2) is 15.9. The van der Waals surface area contributed by atoms with E-state index in [4.69, 9.17) is 14.7 Å². The Morgan fingerprint density at radius 1 is 0.569 bits per heavy atom. The van der Waals surface area contributed by atoms with Crippen molar-refractivity contribution in [1.29, 1.82) is 0 Å². The molecule has 5 aromatic carbocycles. The van der Waals surface area contributed by atoms with Gasteiger partial charge in [0.2, 0.25) is 0 Å². The molecule has 0 bridgehead atoms. The Kier molecular flexibility index (Phi) is 11.5. The number of hydrogen-bond donors (Lipinski definition) is 2. The lowest BCUT2D eigenvalue weighted by Gasteiger charge is -2.39. The van der Waals surface area contributed by atoms with Crippen LogP contribution in [0.5, 0.6) is 17.2 Å². The van der Waals surface area contributed by atoms with Crippen LogP contribution in [0.3, 0.4) is 0 Å². The Morgan fingerprint density at radius 3 is 1.61 bits per heavy atom. The minimum absolute atomic E-state index is 0.321. The van der Waals surface area contributed by atoms with Crippen molar-refractivity contribution in [2.75, 3.05) is 0 Å². The van der Waals surface area contributed by atoms with Gasteiger partial charge in [-0.3, -0.25) is 0 Å². The molecule has 2 aliphatic rings. The predicted molar refractivity (Wildman–Crippen MR) is 190 cm³/mol. The Bertz CT molecular complexity index is 1890. The average Bonchev–Trinajstić information content (AvgIpc) is 3.07. The summed E-state index contributed by atoms with van der Waals surface area (Å²) in [4.78, 5) is 0. The minimum atomic E-state index is -4.98. The van der Waals surface area contributed by atoms with E-state index in [1.165, 1.54) is 17.5 Å². The zero-order valence-electron chi connectivity index (χ0n) is 27.7. The number of rotatable bonds is 7. The van der Waals surface area contributed by atoms with Gasteiger partial charge >= 0.3 is 20.0 Å². The average molecular weight is 730 g/mol. The van der Waals surface area contributed by atoms with Crippen LogP contribution in [0.2, 0.25) is 0 Å². The largest absolute Gasteiger partial charge is 0.707 e. The third-order valence-electron chi connectivity index (χ3n) is 9.49. The van der Waals surface area contributed by atoms with Crippen molar-refractivity contribution in [3.63, 3.8) is 0 Å². The third-order valence-corrected chi connectivity index (χ3v) is 12.9. The Morgan fingerprint density at radius 2 is 1.08 bits per heavy atom. The molecule has 0 aromatic heterocycles. The predicted octanol–water partition coefficient (Wildman–Crippen LogP) is 10.8. The third kappa shape index (κ3) is 9.79. The summed E-state index contributed by atoms with van der Waals surface area (Å²) in [7, 11) is -2.73. The summed E-state index contributed by atoms with van der Waals surface area (Å²) < 4.78 is 89.8. The van der Waals surface area contributed by atoms with Gasteiger partial charge in [0, 0.05) is 11.5 Å². The van der Waals surface area contributed by atoms with Gasteiger partial charge < -0.3 is 24.2 Å². The molecule has 0 amide bonds. The summed E-state index contributed by atoms with van der Waals surface area (Å²) in [6.45, 7) is 0. The Balaban J connectivity index is 0.000000182. The molecule has 0 spiro atoms. The van der Waals surface area contributed by atoms with Crippen molar-refractivity contribution in [3.8, 4) is 17.2 Å². The molecule has 2 fully saturated rings. The van der Waals surface area contributed by atoms with Crippen LogP contribution in [-0.4, -0.2) is 41.4 Å². The minimum Gasteiger partial charge on any atom is -0.511 e. The van der Waals surface area contributed by atoms with Crippen molar-refractivity contribution in [2.45, 2.75) is 88.3 Å². The van der Waals surface area contributed by atoms with Crippen LogP contribution < -0.4 is 19.4 Å². The van der Waals surface area contributed by atoms with E-state index in [9.17, 15) is 26.3 Å². The quantitative estimate of drug-likeness (QED) is 0.0574. The van der Waals surface area contributed by atoms with Gasteiger partial charge in [0.05, 0.1) is 0 Å². The molecule has 0 atom stereocenters. The number of ether oxygens (including phenoxy) is 2. The van der Waals surface area contributed by atoms with Crippen molar-refractivity contribution < 1.29 is 50.5 Å². The molecular formula is C38H38BF6O5P. The highest BCUT2D eigenvalue weighted by molar-refractivity contribution is 7.67. The molecule has 5 nitrogen and oxygen atoms in total. The van der Waals surface area contributed by atoms with E-state index in [0.29, 0.717) is 28.4 Å². The van der Waals surface area contributed by atoms with Crippen LogP contribution in [0.25, 0.3) is 32.3 Å². The van der Waals surface area contributed by atoms with Crippen LogP contribution in [0.15, 0.2) is 84.9 Å². The van der Waals surface area contributed by atoms with Crippen LogP contribution in [0, 0.1) is 0 Å². The lowest BCUT2D eigenvalue weighted by Crippen LogP contribution is -2.27. The lowest BCUT2D eigenvalue weighted by atomic mass is 9.97. The highest BCUT2D eigenvalue weighted by atomic mass is 31.1. The maximum absolute atomic E-state index is 12.8. The maximum Gasteiger partial charge on any atom is 0.707 e. The molecule has 270 valence electrons. The smallest absolute Gasteiger partial charge is 0.511 e. The van der Waals surface area contributed by atoms with Gasteiger partial charge in [-0.15, -0.1) is 26.3 Å². The SMILES string of the molecule is FC(F)(F)Oc1cc(OC(F)(F)F)cc(P(C2CCCCC2)C2CCCCC2)c1.OB(O)Oc1cccc2ccc3cc4ccccc4cc3c12. The van der Waals surface area contributed by atoms with E-state index < -0.39 is 39.5 Å². The molecule has 51 heavy (non-hydrogen) atoms. The summed E-state index contributed by atoms with van der Waals surface area (Å²) in [6, 6.07) is 25.3. The molecule has 5 aromatic rings. The Hall–Kier alpha value is -3.73. The standard InChI is InChI=1S/C20H25F6O2P.C18H13BO3/c21-19(22,23)27-14-11-15(28-20(24,25)26)13-18(12-14)29(16-7-3-1-4-8-16)17-9-5-2-6-10-17;20-19(21)22-17-7-3-6-12-8-9-15-10-13-4-1-2-5-14(13)11-16(15)18(12)17/h11-13,16-17H,1-10H2;1-11,20-21H. The molecule has 2 aliphatic carbocycles. The van der Waals surface area contributed by atoms with E-state index in [-0.39, 0.29) is 0 Å². The number of benzene rings is 5. The van der Waals surface area contributed by atoms with E-state index in [0.717, 1.165) is 91.1 Å². The molecular weight excluding hydrogens is 692 g/mol. The van der Waals surface area contributed by atoms with E-state index in [1.807, 2.05) is 30.3 Å². The van der Waals surface area contributed by atoms with Gasteiger partial charge in [-0.05, 0) is 99.6 Å². The monoisotopic (exact) mass is 730 g/mol. The van der Waals surface area contributed by atoms with Crippen molar-refractivity contribution >= 4 is 52.9 Å². The van der Waals surface area contributed by atoms with Crippen LogP contribution in [0.1, 0.15) is 64.2 Å². The fourth-order valence-electron chi connectivity index (χ4n) is 7.51. The molecule has 13 heteroatoms. The number of alkyl halides is 6. The van der Waals surface area contributed by atoms with Gasteiger partial charge in [-0.1, -0.05) is 95.0 Å². The fraction of sp³-hybridized carbons (Fsp3) is 0.368. The molecule has 2 N–H and O–H groups in total. The van der Waals surface area contributed by atoms with Gasteiger partial charge in [0.1, 0.15) is 17.2 Å². The lowest BCUT2D eigenvalue weighted by molar-refractivity contribution is -0.276. The second-order valence-electron chi connectivity index (χ2n) is 13.0. The fourth-order valence-corrected chi connectivity index (χ4v) is 11.3. The van der Waals surface area contributed by atoms with E-state index in [2.05, 4.69) is 39.8 Å². The highest BCUT2D eigenvalue weighted by Crippen LogP contribution is 2.55. The molecule has 0 unspecified atom stereocenters. The normalized spacial score (nSPS) is 16.3. The summed E-state index contributed by atoms with van der Waals surface area (Å²) in [5.41, 5.74) is 0.642. The maximum atomic E-state index is 12.8.